The Morgan fingerprint density at radius 3 is 2.64 bits per heavy atom. The van der Waals surface area contributed by atoms with Crippen LogP contribution in [0.2, 0.25) is 0 Å². The second-order valence-electron chi connectivity index (χ2n) is 5.47. The van der Waals surface area contributed by atoms with E-state index in [1.165, 1.54) is 0 Å². The lowest BCUT2D eigenvalue weighted by atomic mass is 10.2. The molecule has 0 unspecified atom stereocenters. The zero-order valence-electron chi connectivity index (χ0n) is 13.5. The molecule has 0 saturated carbocycles. The molecule has 0 saturated heterocycles. The number of carbonyl (C=O) groups is 1. The number of nitrogens with zero attached hydrogens (tertiary/aromatic N) is 5. The standard InChI is InChI=1S/C17H15N7O/c1-2-15(25)18-11-7-9-12(10-8-11)19-16-17-21-22-23-24(17)14-6-4-3-5-13(14)20-16/h3-10H,2H2,1H3,(H,18,25)(H,19,20). The molecule has 0 fully saturated rings. The number of rotatable bonds is 4. The van der Waals surface area contributed by atoms with Crippen molar-refractivity contribution in [2.45, 2.75) is 13.3 Å². The molecule has 0 spiro atoms. The van der Waals surface area contributed by atoms with Gasteiger partial charge in [0, 0.05) is 17.8 Å². The van der Waals surface area contributed by atoms with Gasteiger partial charge in [-0.05, 0) is 46.8 Å². The van der Waals surface area contributed by atoms with Gasteiger partial charge in [-0.2, -0.15) is 4.52 Å². The minimum Gasteiger partial charge on any atom is -0.337 e. The van der Waals surface area contributed by atoms with Crippen LogP contribution in [0.15, 0.2) is 48.5 Å². The van der Waals surface area contributed by atoms with Gasteiger partial charge in [-0.15, -0.1) is 5.10 Å². The van der Waals surface area contributed by atoms with Gasteiger partial charge in [0.2, 0.25) is 11.6 Å². The molecule has 4 rings (SSSR count). The highest BCUT2D eigenvalue weighted by molar-refractivity contribution is 5.90. The molecule has 2 aromatic heterocycles. The molecule has 124 valence electrons. The number of hydrogen-bond acceptors (Lipinski definition) is 6. The molecule has 0 bridgehead atoms. The Bertz CT molecular complexity index is 1060. The number of hydrogen-bond donors (Lipinski definition) is 2. The number of para-hydroxylation sites is 2. The lowest BCUT2D eigenvalue weighted by Crippen LogP contribution is -2.09. The van der Waals surface area contributed by atoms with Gasteiger partial charge in [-0.3, -0.25) is 4.79 Å². The maximum Gasteiger partial charge on any atom is 0.224 e. The zero-order valence-corrected chi connectivity index (χ0v) is 13.5. The van der Waals surface area contributed by atoms with E-state index in [4.69, 9.17) is 0 Å². The Hall–Kier alpha value is -3.55. The third-order valence-corrected chi connectivity index (χ3v) is 3.78. The first-order valence-corrected chi connectivity index (χ1v) is 7.88. The highest BCUT2D eigenvalue weighted by Crippen LogP contribution is 2.23. The van der Waals surface area contributed by atoms with E-state index < -0.39 is 0 Å². The predicted octanol–water partition coefficient (Wildman–Crippen LogP) is 2.76. The van der Waals surface area contributed by atoms with Crippen LogP contribution in [-0.4, -0.2) is 30.9 Å². The fourth-order valence-electron chi connectivity index (χ4n) is 2.51. The first-order valence-electron chi connectivity index (χ1n) is 7.88. The lowest BCUT2D eigenvalue weighted by molar-refractivity contribution is -0.115. The maximum atomic E-state index is 11.4. The Labute approximate surface area is 142 Å². The number of tetrazole rings is 1. The van der Waals surface area contributed by atoms with Crippen molar-refractivity contribution in [3.63, 3.8) is 0 Å². The number of carbonyl (C=O) groups excluding carboxylic acids is 1. The first-order chi connectivity index (χ1) is 12.2. The van der Waals surface area contributed by atoms with E-state index in [-0.39, 0.29) is 5.91 Å². The summed E-state index contributed by atoms with van der Waals surface area (Å²) in [5, 5.41) is 17.9. The molecule has 1 amide bonds. The van der Waals surface area contributed by atoms with Gasteiger partial charge >= 0.3 is 0 Å². The molecule has 0 radical (unpaired) electrons. The van der Waals surface area contributed by atoms with Gasteiger partial charge in [0.1, 0.15) is 0 Å². The number of anilines is 3. The molecule has 0 aliphatic rings. The van der Waals surface area contributed by atoms with Crippen LogP contribution in [0.4, 0.5) is 17.2 Å². The van der Waals surface area contributed by atoms with Crippen LogP contribution in [0.1, 0.15) is 13.3 Å². The van der Waals surface area contributed by atoms with Crippen molar-refractivity contribution in [2.75, 3.05) is 10.6 Å². The van der Waals surface area contributed by atoms with Crippen LogP contribution in [0, 0.1) is 0 Å². The number of aromatic nitrogens is 5. The van der Waals surface area contributed by atoms with Crippen molar-refractivity contribution < 1.29 is 4.79 Å². The highest BCUT2D eigenvalue weighted by atomic mass is 16.1. The fourth-order valence-corrected chi connectivity index (χ4v) is 2.51. The van der Waals surface area contributed by atoms with Gasteiger partial charge in [0.05, 0.1) is 11.0 Å². The molecular weight excluding hydrogens is 318 g/mol. The monoisotopic (exact) mass is 333 g/mol. The quantitative estimate of drug-likeness (QED) is 0.596. The van der Waals surface area contributed by atoms with Crippen molar-refractivity contribution in [1.29, 1.82) is 0 Å². The van der Waals surface area contributed by atoms with E-state index in [0.29, 0.717) is 17.9 Å². The predicted molar refractivity (Wildman–Crippen MR) is 94.7 cm³/mol. The van der Waals surface area contributed by atoms with E-state index in [1.54, 1.807) is 4.52 Å². The van der Waals surface area contributed by atoms with Crippen LogP contribution < -0.4 is 10.6 Å². The van der Waals surface area contributed by atoms with Gasteiger partial charge in [-0.1, -0.05) is 19.1 Å². The molecule has 0 atom stereocenters. The Morgan fingerprint density at radius 1 is 1.08 bits per heavy atom. The molecule has 25 heavy (non-hydrogen) atoms. The molecule has 0 aliphatic heterocycles. The summed E-state index contributed by atoms with van der Waals surface area (Å²) in [6, 6.07) is 15.0. The summed E-state index contributed by atoms with van der Waals surface area (Å²) in [7, 11) is 0. The fraction of sp³-hybridized carbons (Fsp3) is 0.118. The molecule has 4 aromatic rings. The minimum absolute atomic E-state index is 0.0202. The molecule has 8 heteroatoms. The summed E-state index contributed by atoms with van der Waals surface area (Å²) in [5.74, 6) is 0.544. The van der Waals surface area contributed by atoms with Crippen LogP contribution >= 0.6 is 0 Å². The Balaban J connectivity index is 1.68. The lowest BCUT2D eigenvalue weighted by Gasteiger charge is -2.09. The van der Waals surface area contributed by atoms with E-state index in [2.05, 4.69) is 31.1 Å². The number of amides is 1. The summed E-state index contributed by atoms with van der Waals surface area (Å²) < 4.78 is 1.65. The van der Waals surface area contributed by atoms with Crippen LogP contribution in [0.3, 0.4) is 0 Å². The van der Waals surface area contributed by atoms with Crippen molar-refractivity contribution in [1.82, 2.24) is 25.0 Å². The third-order valence-electron chi connectivity index (χ3n) is 3.78. The van der Waals surface area contributed by atoms with Crippen LogP contribution in [0.25, 0.3) is 16.7 Å². The molecular formula is C17H15N7O. The summed E-state index contributed by atoms with van der Waals surface area (Å²) in [6.07, 6.45) is 0.443. The largest absolute Gasteiger partial charge is 0.337 e. The van der Waals surface area contributed by atoms with Crippen LogP contribution in [-0.2, 0) is 4.79 Å². The van der Waals surface area contributed by atoms with Gasteiger partial charge < -0.3 is 10.6 Å². The first kappa shape index (κ1) is 15.0. The van der Waals surface area contributed by atoms with E-state index in [1.807, 2.05) is 55.5 Å². The molecule has 2 N–H and O–H groups in total. The Kier molecular flexibility index (Phi) is 3.70. The van der Waals surface area contributed by atoms with Gasteiger partial charge in [-0.25, -0.2) is 4.98 Å². The second-order valence-corrected chi connectivity index (χ2v) is 5.47. The summed E-state index contributed by atoms with van der Waals surface area (Å²) in [6.45, 7) is 1.81. The number of nitrogens with one attached hydrogen (secondary N) is 2. The van der Waals surface area contributed by atoms with Gasteiger partial charge in [0.15, 0.2) is 5.82 Å². The maximum absolute atomic E-state index is 11.4. The molecule has 0 aliphatic carbocycles. The summed E-state index contributed by atoms with van der Waals surface area (Å²) >= 11 is 0. The van der Waals surface area contributed by atoms with Crippen LogP contribution in [0.5, 0.6) is 0 Å². The van der Waals surface area contributed by atoms with Crippen molar-refractivity contribution in [2.24, 2.45) is 0 Å². The summed E-state index contributed by atoms with van der Waals surface area (Å²) in [5.41, 5.74) is 3.74. The topological polar surface area (TPSA) is 97.1 Å². The van der Waals surface area contributed by atoms with Crippen molar-refractivity contribution in [3.05, 3.63) is 48.5 Å². The van der Waals surface area contributed by atoms with Crippen molar-refractivity contribution in [3.8, 4) is 0 Å². The van der Waals surface area contributed by atoms with E-state index in [0.717, 1.165) is 22.4 Å². The number of benzene rings is 2. The van der Waals surface area contributed by atoms with E-state index >= 15 is 0 Å². The van der Waals surface area contributed by atoms with E-state index in [9.17, 15) is 4.79 Å². The SMILES string of the molecule is CCC(=O)Nc1ccc(Nc2nc3ccccc3n3nnnc23)cc1. The smallest absolute Gasteiger partial charge is 0.224 e. The van der Waals surface area contributed by atoms with Crippen molar-refractivity contribution >= 4 is 39.8 Å². The highest BCUT2D eigenvalue weighted by Gasteiger charge is 2.11. The Morgan fingerprint density at radius 2 is 1.84 bits per heavy atom. The molecule has 8 nitrogen and oxygen atoms in total. The molecule has 2 heterocycles. The number of fused-ring (bicyclic) bond motifs is 3. The minimum atomic E-state index is -0.0202. The zero-order chi connectivity index (χ0) is 17.2. The normalized spacial score (nSPS) is 10.9. The van der Waals surface area contributed by atoms with Gasteiger partial charge in [0.25, 0.3) is 0 Å². The summed E-state index contributed by atoms with van der Waals surface area (Å²) in [4.78, 5) is 16.0. The average Bonchev–Trinajstić information content (AvgIpc) is 3.14. The molecule has 2 aromatic carbocycles. The second kappa shape index (κ2) is 6.16. The average molecular weight is 333 g/mol. The third kappa shape index (κ3) is 2.85.